The number of anilines is 1. The van der Waals surface area contributed by atoms with Crippen LogP contribution in [0, 0.1) is 24.1 Å². The highest BCUT2D eigenvalue weighted by Gasteiger charge is 2.37. The SMILES string of the molecule is COc1ccc(C(F)(F)F)c(F)c1-c1cc(C)ncc1C(=O)Nc1nnc(COc2ccc(C#N)cc2)s1. The first kappa shape index (κ1) is 26.5. The molecule has 13 heteroatoms. The van der Waals surface area contributed by atoms with Crippen LogP contribution in [-0.2, 0) is 12.8 Å². The van der Waals surface area contributed by atoms with E-state index in [1.54, 1.807) is 31.2 Å². The predicted molar refractivity (Wildman–Crippen MR) is 129 cm³/mol. The highest BCUT2D eigenvalue weighted by atomic mass is 32.1. The third-order valence-corrected chi connectivity index (χ3v) is 6.03. The molecule has 2 aromatic heterocycles. The number of carbonyl (C=O) groups is 1. The third kappa shape index (κ3) is 5.70. The summed E-state index contributed by atoms with van der Waals surface area (Å²) < 4.78 is 66.1. The van der Waals surface area contributed by atoms with E-state index in [0.29, 0.717) is 28.1 Å². The van der Waals surface area contributed by atoms with E-state index in [1.807, 2.05) is 6.07 Å². The van der Waals surface area contributed by atoms with E-state index < -0.39 is 29.0 Å². The second-order valence-electron chi connectivity index (χ2n) is 7.75. The number of benzene rings is 2. The highest BCUT2D eigenvalue weighted by molar-refractivity contribution is 7.15. The number of nitrogens with one attached hydrogen (secondary N) is 1. The molecule has 8 nitrogen and oxygen atoms in total. The molecule has 0 saturated carbocycles. The van der Waals surface area contributed by atoms with Crippen molar-refractivity contribution in [1.29, 1.82) is 5.26 Å². The normalized spacial score (nSPS) is 11.1. The van der Waals surface area contributed by atoms with E-state index in [-0.39, 0.29) is 28.6 Å². The number of aromatic nitrogens is 3. The summed E-state index contributed by atoms with van der Waals surface area (Å²) in [6.07, 6.45) is -3.83. The van der Waals surface area contributed by atoms with Crippen LogP contribution in [0.4, 0.5) is 22.7 Å². The summed E-state index contributed by atoms with van der Waals surface area (Å²) in [7, 11) is 1.18. The number of methoxy groups -OCH3 is 1. The van der Waals surface area contributed by atoms with Gasteiger partial charge >= 0.3 is 6.18 Å². The molecule has 0 spiro atoms. The van der Waals surface area contributed by atoms with Crippen LogP contribution in [0.15, 0.2) is 48.7 Å². The van der Waals surface area contributed by atoms with E-state index in [9.17, 15) is 18.0 Å². The summed E-state index contributed by atoms with van der Waals surface area (Å²) in [6.45, 7) is 1.58. The summed E-state index contributed by atoms with van der Waals surface area (Å²) in [6, 6.07) is 11.3. The lowest BCUT2D eigenvalue weighted by Gasteiger charge is -2.17. The van der Waals surface area contributed by atoms with Crippen LogP contribution >= 0.6 is 11.3 Å². The Kier molecular flexibility index (Phi) is 7.54. The number of pyridine rings is 1. The lowest BCUT2D eigenvalue weighted by atomic mass is 9.96. The molecule has 1 amide bonds. The summed E-state index contributed by atoms with van der Waals surface area (Å²) >= 11 is 1.00. The number of hydrogen-bond acceptors (Lipinski definition) is 8. The molecule has 2 heterocycles. The number of amides is 1. The number of hydrogen-bond donors (Lipinski definition) is 1. The monoisotopic (exact) mass is 543 g/mol. The van der Waals surface area contributed by atoms with Crippen molar-refractivity contribution < 1.29 is 31.8 Å². The maximum Gasteiger partial charge on any atom is 0.419 e. The lowest BCUT2D eigenvalue weighted by molar-refractivity contribution is -0.139. The molecule has 0 aliphatic heterocycles. The molecule has 0 bridgehead atoms. The average molecular weight is 544 g/mol. The fraction of sp³-hybridized carbons (Fsp3) is 0.160. The Bertz CT molecular complexity index is 1530. The van der Waals surface area contributed by atoms with E-state index in [2.05, 4.69) is 20.5 Å². The van der Waals surface area contributed by atoms with Crippen LogP contribution in [0.25, 0.3) is 11.1 Å². The zero-order valence-corrected chi connectivity index (χ0v) is 20.6. The molecule has 0 aliphatic rings. The predicted octanol–water partition coefficient (Wildman–Crippen LogP) is 5.78. The molecule has 4 rings (SSSR count). The number of rotatable bonds is 7. The molecule has 0 atom stereocenters. The van der Waals surface area contributed by atoms with Crippen molar-refractivity contribution in [2.45, 2.75) is 19.7 Å². The molecule has 0 radical (unpaired) electrons. The number of ether oxygens (including phenoxy) is 2. The van der Waals surface area contributed by atoms with E-state index in [1.165, 1.54) is 13.2 Å². The molecular formula is C25H17F4N5O3S. The van der Waals surface area contributed by atoms with Gasteiger partial charge in [-0.1, -0.05) is 11.3 Å². The van der Waals surface area contributed by atoms with Crippen LogP contribution in [0.2, 0.25) is 0 Å². The van der Waals surface area contributed by atoms with Crippen molar-refractivity contribution in [3.05, 3.63) is 81.9 Å². The molecule has 0 fully saturated rings. The number of aryl methyl sites for hydroxylation is 1. The van der Waals surface area contributed by atoms with Gasteiger partial charge in [0.1, 0.15) is 23.9 Å². The Hall–Kier alpha value is -4.57. The Balaban J connectivity index is 1.59. The van der Waals surface area contributed by atoms with Gasteiger partial charge in [-0.05, 0) is 49.4 Å². The average Bonchev–Trinajstić information content (AvgIpc) is 3.33. The van der Waals surface area contributed by atoms with Crippen molar-refractivity contribution in [3.63, 3.8) is 0 Å². The van der Waals surface area contributed by atoms with Crippen LogP contribution in [0.5, 0.6) is 11.5 Å². The molecule has 0 saturated heterocycles. The Morgan fingerprint density at radius 1 is 1.16 bits per heavy atom. The van der Waals surface area contributed by atoms with Gasteiger partial charge in [0.15, 0.2) is 5.01 Å². The van der Waals surface area contributed by atoms with Gasteiger partial charge < -0.3 is 9.47 Å². The topological polar surface area (TPSA) is 110 Å². The largest absolute Gasteiger partial charge is 0.496 e. The van der Waals surface area contributed by atoms with Crippen molar-refractivity contribution in [3.8, 4) is 28.7 Å². The van der Waals surface area contributed by atoms with Gasteiger partial charge in [-0.15, -0.1) is 10.2 Å². The van der Waals surface area contributed by atoms with Gasteiger partial charge in [-0.2, -0.15) is 18.4 Å². The quantitative estimate of drug-likeness (QED) is 0.294. The molecule has 1 N–H and O–H groups in total. The fourth-order valence-corrected chi connectivity index (χ4v) is 4.09. The molecular weight excluding hydrogens is 526 g/mol. The van der Waals surface area contributed by atoms with Crippen molar-refractivity contribution in [1.82, 2.24) is 15.2 Å². The summed E-state index contributed by atoms with van der Waals surface area (Å²) in [4.78, 5) is 17.2. The third-order valence-electron chi connectivity index (χ3n) is 5.22. The van der Waals surface area contributed by atoms with Crippen molar-refractivity contribution in [2.24, 2.45) is 0 Å². The zero-order valence-electron chi connectivity index (χ0n) is 19.8. The molecule has 4 aromatic rings. The van der Waals surface area contributed by atoms with E-state index in [4.69, 9.17) is 14.7 Å². The van der Waals surface area contributed by atoms with Gasteiger partial charge in [-0.3, -0.25) is 15.1 Å². The van der Waals surface area contributed by atoms with Gasteiger partial charge in [0.2, 0.25) is 5.13 Å². The van der Waals surface area contributed by atoms with Crippen molar-refractivity contribution in [2.75, 3.05) is 12.4 Å². The van der Waals surface area contributed by atoms with Crippen LogP contribution < -0.4 is 14.8 Å². The Morgan fingerprint density at radius 3 is 2.55 bits per heavy atom. The summed E-state index contributed by atoms with van der Waals surface area (Å²) in [5.74, 6) is -2.05. The minimum absolute atomic E-state index is 0.0312. The van der Waals surface area contributed by atoms with Gasteiger partial charge in [0.25, 0.3) is 5.91 Å². The molecule has 38 heavy (non-hydrogen) atoms. The molecule has 2 aromatic carbocycles. The maximum absolute atomic E-state index is 15.2. The van der Waals surface area contributed by atoms with Gasteiger partial charge in [-0.25, -0.2) is 4.39 Å². The number of alkyl halides is 3. The molecule has 0 aliphatic carbocycles. The van der Waals surface area contributed by atoms with E-state index >= 15 is 4.39 Å². The smallest absolute Gasteiger partial charge is 0.419 e. The maximum atomic E-state index is 15.2. The number of nitrogens with zero attached hydrogens (tertiary/aromatic N) is 4. The second kappa shape index (κ2) is 10.8. The van der Waals surface area contributed by atoms with E-state index in [0.717, 1.165) is 23.6 Å². The first-order valence-electron chi connectivity index (χ1n) is 10.8. The van der Waals surface area contributed by atoms with Crippen LogP contribution in [-0.4, -0.2) is 28.2 Å². The number of carbonyl (C=O) groups excluding carboxylic acids is 1. The minimum Gasteiger partial charge on any atom is -0.496 e. The fourth-order valence-electron chi connectivity index (χ4n) is 3.44. The standard InChI is InChI=1S/C25H17F4N5O3S/c1-13-9-16(21-19(36-2)8-7-18(22(21)26)25(27,28)29)17(11-31-13)23(35)32-24-34-33-20(38-24)12-37-15-5-3-14(10-30)4-6-15/h3-9,11H,12H2,1-2H3,(H,32,34,35). The Morgan fingerprint density at radius 2 is 1.89 bits per heavy atom. The first-order valence-corrected chi connectivity index (χ1v) is 11.6. The zero-order chi connectivity index (χ0) is 27.4. The number of nitriles is 1. The highest BCUT2D eigenvalue weighted by Crippen LogP contribution is 2.41. The molecule has 194 valence electrons. The lowest BCUT2D eigenvalue weighted by Crippen LogP contribution is -2.15. The summed E-state index contributed by atoms with van der Waals surface area (Å²) in [5.41, 5.74) is -1.53. The summed E-state index contributed by atoms with van der Waals surface area (Å²) in [5, 5.41) is 19.7. The second-order valence-corrected chi connectivity index (χ2v) is 8.82. The molecule has 0 unspecified atom stereocenters. The van der Waals surface area contributed by atoms with Crippen LogP contribution in [0.3, 0.4) is 0 Å². The minimum atomic E-state index is -4.96. The van der Waals surface area contributed by atoms with Gasteiger partial charge in [0, 0.05) is 17.5 Å². The van der Waals surface area contributed by atoms with Crippen LogP contribution in [0.1, 0.15) is 32.2 Å². The number of halogens is 4. The van der Waals surface area contributed by atoms with Crippen molar-refractivity contribution >= 4 is 22.4 Å². The van der Waals surface area contributed by atoms with Gasteiger partial charge in [0.05, 0.1) is 35.4 Å². The first-order chi connectivity index (χ1) is 18.1. The Labute approximate surface area is 217 Å².